The Labute approximate surface area is 209 Å². The first kappa shape index (κ1) is 24.0. The summed E-state index contributed by atoms with van der Waals surface area (Å²) in [5.41, 5.74) is 4.62. The minimum absolute atomic E-state index is 0.521. The molecule has 0 unspecified atom stereocenters. The van der Waals surface area contributed by atoms with E-state index in [1.165, 1.54) is 75.3 Å². The molecule has 2 fully saturated rings. The van der Waals surface area contributed by atoms with Gasteiger partial charge < -0.3 is 21.3 Å². The molecule has 0 amide bonds. The van der Waals surface area contributed by atoms with Gasteiger partial charge in [0.2, 0.25) is 0 Å². The molecule has 2 aromatic carbocycles. The van der Waals surface area contributed by atoms with Crippen molar-refractivity contribution in [3.8, 4) is 0 Å². The molecule has 2 aromatic rings. The lowest BCUT2D eigenvalue weighted by Crippen LogP contribution is -2.38. The second-order valence-corrected chi connectivity index (χ2v) is 10.3. The van der Waals surface area contributed by atoms with Crippen LogP contribution in [0, 0.1) is 0 Å². The fourth-order valence-electron chi connectivity index (χ4n) is 4.85. The Kier molecular flexibility index (Phi) is 8.95. The van der Waals surface area contributed by atoms with Crippen LogP contribution in [0.15, 0.2) is 48.5 Å². The van der Waals surface area contributed by atoms with Crippen LogP contribution in [0.4, 0.5) is 11.4 Å². The number of rotatable bonds is 6. The SMILES string of the molecule is S=C(Nc1ccc(Cc2ccc(NC(=S)NC3CCCCC3)cc2)cc1)NC1CCCCC1. The maximum atomic E-state index is 5.50. The molecule has 0 spiro atoms. The second-order valence-electron chi connectivity index (χ2n) is 9.44. The van der Waals surface area contributed by atoms with Crippen LogP contribution in [0.3, 0.4) is 0 Å². The van der Waals surface area contributed by atoms with Crippen LogP contribution in [0.5, 0.6) is 0 Å². The summed E-state index contributed by atoms with van der Waals surface area (Å²) in [6.45, 7) is 0. The van der Waals surface area contributed by atoms with E-state index in [2.05, 4.69) is 69.8 Å². The fourth-order valence-corrected chi connectivity index (χ4v) is 5.42. The highest BCUT2D eigenvalue weighted by Gasteiger charge is 2.15. The minimum atomic E-state index is 0.521. The number of anilines is 2. The lowest BCUT2D eigenvalue weighted by molar-refractivity contribution is 0.414. The Morgan fingerprint density at radius 1 is 0.576 bits per heavy atom. The maximum Gasteiger partial charge on any atom is 0.170 e. The van der Waals surface area contributed by atoms with Gasteiger partial charge in [-0.2, -0.15) is 0 Å². The van der Waals surface area contributed by atoms with Crippen molar-refractivity contribution < 1.29 is 0 Å². The monoisotopic (exact) mass is 480 g/mol. The van der Waals surface area contributed by atoms with Crippen molar-refractivity contribution in [1.29, 1.82) is 0 Å². The van der Waals surface area contributed by atoms with Gasteiger partial charge >= 0.3 is 0 Å². The van der Waals surface area contributed by atoms with Crippen molar-refractivity contribution in [3.63, 3.8) is 0 Å². The Balaban J connectivity index is 1.22. The lowest BCUT2D eigenvalue weighted by atomic mass is 9.96. The molecule has 33 heavy (non-hydrogen) atoms. The van der Waals surface area contributed by atoms with Gasteiger partial charge in [0, 0.05) is 23.5 Å². The van der Waals surface area contributed by atoms with Gasteiger partial charge in [-0.05, 0) is 91.9 Å². The molecule has 4 N–H and O–H groups in total. The van der Waals surface area contributed by atoms with Gasteiger partial charge in [0.25, 0.3) is 0 Å². The molecule has 4 nitrogen and oxygen atoms in total. The third kappa shape index (κ3) is 7.97. The normalized spacial score (nSPS) is 17.2. The molecule has 6 heteroatoms. The van der Waals surface area contributed by atoms with Crippen LogP contribution < -0.4 is 21.3 Å². The first-order valence-corrected chi connectivity index (χ1v) is 13.3. The van der Waals surface area contributed by atoms with Crippen LogP contribution in [0.1, 0.15) is 75.3 Å². The van der Waals surface area contributed by atoms with Gasteiger partial charge in [-0.25, -0.2) is 0 Å². The number of thiocarbonyl (C=S) groups is 2. The van der Waals surface area contributed by atoms with Gasteiger partial charge in [-0.15, -0.1) is 0 Å². The first-order chi connectivity index (χ1) is 16.1. The van der Waals surface area contributed by atoms with E-state index < -0.39 is 0 Å². The zero-order chi connectivity index (χ0) is 22.9. The number of benzene rings is 2. The molecule has 2 aliphatic carbocycles. The Morgan fingerprint density at radius 3 is 1.30 bits per heavy atom. The first-order valence-electron chi connectivity index (χ1n) is 12.5. The zero-order valence-electron chi connectivity index (χ0n) is 19.4. The molecule has 0 atom stereocenters. The van der Waals surface area contributed by atoms with Crippen LogP contribution in [-0.2, 0) is 6.42 Å². The van der Waals surface area contributed by atoms with Crippen LogP contribution in [0.2, 0.25) is 0 Å². The van der Waals surface area contributed by atoms with E-state index in [0.717, 1.165) is 28.0 Å². The summed E-state index contributed by atoms with van der Waals surface area (Å²) in [4.78, 5) is 0. The molecule has 176 valence electrons. The molecule has 2 saturated carbocycles. The van der Waals surface area contributed by atoms with Gasteiger partial charge in [0.05, 0.1) is 0 Å². The second kappa shape index (κ2) is 12.3. The number of hydrogen-bond donors (Lipinski definition) is 4. The van der Waals surface area contributed by atoms with E-state index in [0.29, 0.717) is 12.1 Å². The molecule has 0 bridgehead atoms. The molecule has 4 rings (SSSR count). The molecule has 0 aromatic heterocycles. The summed E-state index contributed by atoms with van der Waals surface area (Å²) in [5.74, 6) is 0. The summed E-state index contributed by atoms with van der Waals surface area (Å²) < 4.78 is 0. The van der Waals surface area contributed by atoms with Crippen molar-refractivity contribution in [2.75, 3.05) is 10.6 Å². The standard InChI is InChI=1S/C27H36N4S2/c32-26(28-22-7-3-1-4-8-22)30-24-15-11-20(12-16-24)19-21-13-17-25(18-14-21)31-27(33)29-23-9-5-2-6-10-23/h11-18,22-23H,1-10,19H2,(H2,28,30,32)(H2,29,31,33). The Morgan fingerprint density at radius 2 is 0.939 bits per heavy atom. The van der Waals surface area contributed by atoms with E-state index in [9.17, 15) is 0 Å². The summed E-state index contributed by atoms with van der Waals surface area (Å²) in [6, 6.07) is 18.1. The van der Waals surface area contributed by atoms with Crippen molar-refractivity contribution >= 4 is 46.0 Å². The van der Waals surface area contributed by atoms with Crippen LogP contribution in [0.25, 0.3) is 0 Å². The summed E-state index contributed by atoms with van der Waals surface area (Å²) in [5, 5.41) is 15.0. The third-order valence-electron chi connectivity index (χ3n) is 6.71. The molecule has 0 radical (unpaired) electrons. The quantitative estimate of drug-likeness (QED) is 0.353. The summed E-state index contributed by atoms with van der Waals surface area (Å²) >= 11 is 11.0. The van der Waals surface area contributed by atoms with E-state index in [-0.39, 0.29) is 0 Å². The third-order valence-corrected chi connectivity index (χ3v) is 7.15. The van der Waals surface area contributed by atoms with Gasteiger partial charge in [0.15, 0.2) is 10.2 Å². The Hall–Kier alpha value is -2.18. The topological polar surface area (TPSA) is 48.1 Å². The highest BCUT2D eigenvalue weighted by molar-refractivity contribution is 7.80. The minimum Gasteiger partial charge on any atom is -0.360 e. The average Bonchev–Trinajstić information content (AvgIpc) is 2.83. The highest BCUT2D eigenvalue weighted by Crippen LogP contribution is 2.20. The smallest absolute Gasteiger partial charge is 0.170 e. The Bertz CT molecular complexity index is 823. The van der Waals surface area contributed by atoms with Crippen molar-refractivity contribution in [2.45, 2.75) is 82.7 Å². The molecule has 0 heterocycles. The highest BCUT2D eigenvalue weighted by atomic mass is 32.1. The maximum absolute atomic E-state index is 5.50. The van der Waals surface area contributed by atoms with Gasteiger partial charge in [-0.3, -0.25) is 0 Å². The average molecular weight is 481 g/mol. The van der Waals surface area contributed by atoms with Crippen LogP contribution >= 0.6 is 24.4 Å². The van der Waals surface area contributed by atoms with Gasteiger partial charge in [-0.1, -0.05) is 62.8 Å². The van der Waals surface area contributed by atoms with Crippen LogP contribution in [-0.4, -0.2) is 22.3 Å². The number of nitrogens with one attached hydrogen (secondary N) is 4. The van der Waals surface area contributed by atoms with Crippen molar-refractivity contribution in [3.05, 3.63) is 59.7 Å². The van der Waals surface area contributed by atoms with Crippen molar-refractivity contribution in [2.24, 2.45) is 0 Å². The van der Waals surface area contributed by atoms with E-state index in [1.807, 2.05) is 0 Å². The largest absolute Gasteiger partial charge is 0.360 e. The molecule has 2 aliphatic rings. The lowest BCUT2D eigenvalue weighted by Gasteiger charge is -2.24. The van der Waals surface area contributed by atoms with E-state index >= 15 is 0 Å². The summed E-state index contributed by atoms with van der Waals surface area (Å²) in [7, 11) is 0. The fraction of sp³-hybridized carbons (Fsp3) is 0.481. The predicted octanol–water partition coefficient (Wildman–Crippen LogP) is 6.52. The molecule has 0 aliphatic heterocycles. The zero-order valence-corrected chi connectivity index (χ0v) is 21.0. The molecular weight excluding hydrogens is 444 g/mol. The number of hydrogen-bond acceptors (Lipinski definition) is 2. The molecular formula is C27H36N4S2. The molecule has 0 saturated heterocycles. The van der Waals surface area contributed by atoms with Gasteiger partial charge in [0.1, 0.15) is 0 Å². The van der Waals surface area contributed by atoms with Crippen molar-refractivity contribution in [1.82, 2.24) is 10.6 Å². The predicted molar refractivity (Wildman–Crippen MR) is 148 cm³/mol. The van der Waals surface area contributed by atoms with E-state index in [1.54, 1.807) is 0 Å². The summed E-state index contributed by atoms with van der Waals surface area (Å²) in [6.07, 6.45) is 13.7. The van der Waals surface area contributed by atoms with E-state index in [4.69, 9.17) is 24.4 Å².